The molecule has 0 amide bonds. The van der Waals surface area contributed by atoms with E-state index in [0.717, 1.165) is 23.7 Å². The number of halogens is 1. The first-order chi connectivity index (χ1) is 16.6. The maximum Gasteiger partial charge on any atom is 0.310 e. The van der Waals surface area contributed by atoms with Crippen molar-refractivity contribution in [3.8, 4) is 11.5 Å². The molecule has 0 spiro atoms. The third-order valence-corrected chi connectivity index (χ3v) is 6.57. The minimum atomic E-state index is -0.895. The van der Waals surface area contributed by atoms with Gasteiger partial charge in [0.1, 0.15) is 23.4 Å². The molecule has 0 saturated carbocycles. The van der Waals surface area contributed by atoms with E-state index in [1.54, 1.807) is 26.0 Å². The van der Waals surface area contributed by atoms with Crippen molar-refractivity contribution >= 4 is 29.1 Å². The van der Waals surface area contributed by atoms with Crippen LogP contribution in [0.3, 0.4) is 0 Å². The van der Waals surface area contributed by atoms with E-state index in [-0.39, 0.29) is 24.0 Å². The Morgan fingerprint density at radius 2 is 2.09 bits per heavy atom. The van der Waals surface area contributed by atoms with E-state index in [2.05, 4.69) is 10.2 Å². The molecule has 2 N–H and O–H groups in total. The second kappa shape index (κ2) is 10.6. The Morgan fingerprint density at radius 3 is 2.83 bits per heavy atom. The van der Waals surface area contributed by atoms with Gasteiger partial charge >= 0.3 is 5.97 Å². The van der Waals surface area contributed by atoms with Gasteiger partial charge in [-0.25, -0.2) is 4.99 Å². The minimum Gasteiger partial charge on any atom is -0.462 e. The fourth-order valence-corrected chi connectivity index (χ4v) is 4.99. The number of hydrogen-bond acceptors (Lipinski definition) is 7. The highest BCUT2D eigenvalue weighted by Gasteiger charge is 2.35. The number of ether oxygens (including phenoxy) is 2. The van der Waals surface area contributed by atoms with Crippen LogP contribution in [-0.4, -0.2) is 59.2 Å². The smallest absolute Gasteiger partial charge is 0.310 e. The summed E-state index contributed by atoms with van der Waals surface area (Å²) in [5.41, 5.74) is 0.675. The predicted molar refractivity (Wildman–Crippen MR) is 138 cm³/mol. The molecule has 2 aromatic carbocycles. The molecule has 2 heterocycles. The summed E-state index contributed by atoms with van der Waals surface area (Å²) in [6.45, 7) is 9.29. The molecule has 8 heteroatoms. The lowest BCUT2D eigenvalue weighted by molar-refractivity contribution is -0.157. The molecule has 0 aromatic heterocycles. The second-order valence-electron chi connectivity index (χ2n) is 9.93. The number of hydrogen-bond donors (Lipinski definition) is 2. The molecule has 2 aliphatic rings. The van der Waals surface area contributed by atoms with Gasteiger partial charge in [-0.05, 0) is 57.5 Å². The van der Waals surface area contributed by atoms with Crippen molar-refractivity contribution in [1.82, 2.24) is 10.2 Å². The Labute approximate surface area is 212 Å². The molecule has 2 aliphatic heterocycles. The van der Waals surface area contributed by atoms with Crippen molar-refractivity contribution in [2.75, 3.05) is 19.6 Å². The minimum absolute atomic E-state index is 0.103. The van der Waals surface area contributed by atoms with Crippen molar-refractivity contribution in [1.29, 1.82) is 0 Å². The Hall–Kier alpha value is -2.61. The quantitative estimate of drug-likeness (QED) is 0.549. The number of nitrogens with zero attached hydrogens (tertiary/aromatic N) is 2. The van der Waals surface area contributed by atoms with Gasteiger partial charge in [0.15, 0.2) is 5.75 Å². The number of fused-ring (bicyclic) bond motifs is 2. The molecule has 0 unspecified atom stereocenters. The zero-order valence-electron chi connectivity index (χ0n) is 20.8. The molecular formula is C27H34ClN3O4. The first-order valence-electron chi connectivity index (χ1n) is 12.2. The predicted octanol–water partition coefficient (Wildman–Crippen LogP) is 4.92. The van der Waals surface area contributed by atoms with Crippen LogP contribution >= 0.6 is 11.6 Å². The average molecular weight is 500 g/mol. The van der Waals surface area contributed by atoms with Crippen LogP contribution in [0.1, 0.15) is 46.1 Å². The fraction of sp³-hybridized carbons (Fsp3) is 0.481. The van der Waals surface area contributed by atoms with E-state index >= 15 is 0 Å². The number of esters is 1. The molecule has 0 bridgehead atoms. The van der Waals surface area contributed by atoms with Gasteiger partial charge < -0.3 is 24.8 Å². The average Bonchev–Trinajstić information content (AvgIpc) is 2.95. The van der Waals surface area contributed by atoms with Crippen LogP contribution in [0.4, 0.5) is 5.69 Å². The molecule has 35 heavy (non-hydrogen) atoms. The number of carbonyl (C=O) groups excluding carboxylic acids is 1. The standard InChI is InChI=1S/C27H34ClN3O4/c1-5-19(26(32)34-17(2)15-27(3,4)33)22-16-31(13-12-29-22)25-20-8-6-7-9-23(20)35-24-11-10-18(28)14-21(24)30-25/h6-11,14,17,19,22,29,33H,5,12-13,15-16H2,1-4H3/t17-,19+,22-/m1/s1. The molecule has 0 aliphatic carbocycles. The molecule has 1 saturated heterocycles. The highest BCUT2D eigenvalue weighted by atomic mass is 35.5. The lowest BCUT2D eigenvalue weighted by Gasteiger charge is -2.38. The zero-order valence-corrected chi connectivity index (χ0v) is 21.5. The van der Waals surface area contributed by atoms with Crippen LogP contribution in [0.25, 0.3) is 0 Å². The lowest BCUT2D eigenvalue weighted by atomic mass is 9.94. The molecule has 2 aromatic rings. The number of aliphatic hydroxyl groups is 1. The summed E-state index contributed by atoms with van der Waals surface area (Å²) in [6, 6.07) is 13.2. The molecule has 3 atom stereocenters. The second-order valence-corrected chi connectivity index (χ2v) is 10.4. The summed E-state index contributed by atoms with van der Waals surface area (Å²) >= 11 is 6.26. The number of benzene rings is 2. The molecule has 1 fully saturated rings. The van der Waals surface area contributed by atoms with E-state index < -0.39 is 5.60 Å². The fourth-order valence-electron chi connectivity index (χ4n) is 4.82. The SMILES string of the molecule is CC[C@H](C(=O)O[C@H](C)CC(C)(C)O)[C@H]1CN(C2=Nc3cc(Cl)ccc3Oc3ccccc32)CCN1. The van der Waals surface area contributed by atoms with Gasteiger partial charge in [-0.15, -0.1) is 0 Å². The van der Waals surface area contributed by atoms with Crippen LogP contribution in [0.2, 0.25) is 5.02 Å². The van der Waals surface area contributed by atoms with E-state index in [9.17, 15) is 9.90 Å². The van der Waals surface area contributed by atoms with E-state index in [0.29, 0.717) is 42.4 Å². The molecular weight excluding hydrogens is 466 g/mol. The lowest BCUT2D eigenvalue weighted by Crippen LogP contribution is -2.57. The first-order valence-corrected chi connectivity index (χ1v) is 12.6. The van der Waals surface area contributed by atoms with Crippen molar-refractivity contribution < 1.29 is 19.4 Å². The first kappa shape index (κ1) is 25.5. The highest BCUT2D eigenvalue weighted by Crippen LogP contribution is 2.39. The number of para-hydroxylation sites is 1. The number of rotatable bonds is 6. The summed E-state index contributed by atoms with van der Waals surface area (Å²) in [5.74, 6) is 1.62. The van der Waals surface area contributed by atoms with Crippen LogP contribution in [-0.2, 0) is 9.53 Å². The van der Waals surface area contributed by atoms with Gasteiger partial charge in [-0.1, -0.05) is 30.7 Å². The number of nitrogens with one attached hydrogen (secondary N) is 1. The van der Waals surface area contributed by atoms with E-state index in [4.69, 9.17) is 26.1 Å². The Balaban J connectivity index is 1.58. The third-order valence-electron chi connectivity index (χ3n) is 6.33. The van der Waals surface area contributed by atoms with Crippen molar-refractivity contribution in [2.45, 2.75) is 58.3 Å². The van der Waals surface area contributed by atoms with Gasteiger partial charge in [0.05, 0.1) is 17.1 Å². The monoisotopic (exact) mass is 499 g/mol. The number of carbonyl (C=O) groups is 1. The van der Waals surface area contributed by atoms with Gasteiger partial charge in [0, 0.05) is 37.1 Å². The highest BCUT2D eigenvalue weighted by molar-refractivity contribution is 6.31. The van der Waals surface area contributed by atoms with Crippen LogP contribution < -0.4 is 10.1 Å². The van der Waals surface area contributed by atoms with Crippen LogP contribution in [0.5, 0.6) is 11.5 Å². The summed E-state index contributed by atoms with van der Waals surface area (Å²) in [7, 11) is 0. The van der Waals surface area contributed by atoms with Crippen molar-refractivity contribution in [2.24, 2.45) is 10.9 Å². The zero-order chi connectivity index (χ0) is 25.2. The summed E-state index contributed by atoms with van der Waals surface area (Å²) in [4.78, 5) is 20.3. The Bertz CT molecular complexity index is 1100. The number of piperazine rings is 1. The van der Waals surface area contributed by atoms with Gasteiger partial charge in [-0.3, -0.25) is 4.79 Å². The summed E-state index contributed by atoms with van der Waals surface area (Å²) in [5, 5.41) is 14.2. The van der Waals surface area contributed by atoms with Gasteiger partial charge in [0.25, 0.3) is 0 Å². The summed E-state index contributed by atoms with van der Waals surface area (Å²) in [6.07, 6.45) is 0.659. The third kappa shape index (κ3) is 6.15. The molecule has 188 valence electrons. The molecule has 4 rings (SSSR count). The normalized spacial score (nSPS) is 19.4. The van der Waals surface area contributed by atoms with Crippen molar-refractivity contribution in [3.05, 3.63) is 53.1 Å². The Morgan fingerprint density at radius 1 is 1.31 bits per heavy atom. The van der Waals surface area contributed by atoms with E-state index in [1.165, 1.54) is 0 Å². The van der Waals surface area contributed by atoms with Crippen LogP contribution in [0.15, 0.2) is 47.5 Å². The van der Waals surface area contributed by atoms with Crippen molar-refractivity contribution in [3.63, 3.8) is 0 Å². The molecule has 0 radical (unpaired) electrons. The summed E-state index contributed by atoms with van der Waals surface area (Å²) < 4.78 is 11.9. The van der Waals surface area contributed by atoms with Gasteiger partial charge in [-0.2, -0.15) is 0 Å². The largest absolute Gasteiger partial charge is 0.462 e. The molecule has 7 nitrogen and oxygen atoms in total. The Kier molecular flexibility index (Phi) is 7.69. The van der Waals surface area contributed by atoms with E-state index in [1.807, 2.05) is 44.2 Å². The number of aliphatic imine (C=N–C) groups is 1. The maximum absolute atomic E-state index is 13.1. The van der Waals surface area contributed by atoms with Gasteiger partial charge in [0.2, 0.25) is 0 Å². The van der Waals surface area contributed by atoms with Crippen LogP contribution in [0, 0.1) is 5.92 Å². The maximum atomic E-state index is 13.1. The topological polar surface area (TPSA) is 83.4 Å². The number of amidine groups is 1.